The molecule has 0 aromatic carbocycles. The van der Waals surface area contributed by atoms with E-state index in [1.54, 1.807) is 0 Å². The van der Waals surface area contributed by atoms with E-state index in [2.05, 4.69) is 21.9 Å². The molecule has 1 aromatic rings. The lowest BCUT2D eigenvalue weighted by Gasteiger charge is -2.29. The van der Waals surface area contributed by atoms with Crippen molar-refractivity contribution in [2.75, 3.05) is 6.54 Å². The summed E-state index contributed by atoms with van der Waals surface area (Å²) in [6, 6.07) is 2.78. The Kier molecular flexibility index (Phi) is 5.06. The largest absolute Gasteiger partial charge is 0.314 e. The number of pyridine rings is 1. The number of hydrogen-bond acceptors (Lipinski definition) is 4. The van der Waals surface area contributed by atoms with E-state index in [9.17, 15) is 12.8 Å². The van der Waals surface area contributed by atoms with Gasteiger partial charge in [-0.25, -0.2) is 22.5 Å². The second kappa shape index (κ2) is 6.60. The predicted octanol–water partition coefficient (Wildman–Crippen LogP) is 1.42. The van der Waals surface area contributed by atoms with Crippen LogP contribution in [0.3, 0.4) is 0 Å². The van der Waals surface area contributed by atoms with Crippen LogP contribution in [0.25, 0.3) is 0 Å². The minimum Gasteiger partial charge on any atom is -0.314 e. The Morgan fingerprint density at radius 3 is 2.55 bits per heavy atom. The molecule has 1 aliphatic rings. The predicted molar refractivity (Wildman–Crippen MR) is 74.2 cm³/mol. The van der Waals surface area contributed by atoms with Gasteiger partial charge in [0.1, 0.15) is 0 Å². The van der Waals surface area contributed by atoms with E-state index < -0.39 is 20.9 Å². The van der Waals surface area contributed by atoms with Crippen molar-refractivity contribution in [2.24, 2.45) is 0 Å². The summed E-state index contributed by atoms with van der Waals surface area (Å²) >= 11 is 0. The van der Waals surface area contributed by atoms with Crippen molar-refractivity contribution in [3.63, 3.8) is 0 Å². The average Bonchev–Trinajstić information content (AvgIpc) is 2.41. The van der Waals surface area contributed by atoms with Crippen LogP contribution in [-0.2, 0) is 10.0 Å². The third-order valence-electron chi connectivity index (χ3n) is 3.52. The third-order valence-corrected chi connectivity index (χ3v) is 4.97. The first-order valence-corrected chi connectivity index (χ1v) is 8.37. The molecule has 112 valence electrons. The maximum atomic E-state index is 13.5. The minimum atomic E-state index is -3.88. The number of hydrogen-bond donors (Lipinski definition) is 2. The van der Waals surface area contributed by atoms with E-state index in [0.717, 1.165) is 38.3 Å². The molecule has 1 aromatic heterocycles. The Balaban J connectivity index is 1.99. The number of halogens is 1. The van der Waals surface area contributed by atoms with Crippen molar-refractivity contribution < 1.29 is 12.8 Å². The molecule has 0 radical (unpaired) electrons. The van der Waals surface area contributed by atoms with Gasteiger partial charge in [0.05, 0.1) is 0 Å². The molecule has 5 nitrogen and oxygen atoms in total. The zero-order chi connectivity index (χ0) is 14.6. The molecule has 1 heterocycles. The molecule has 0 spiro atoms. The Hall–Kier alpha value is -1.05. The van der Waals surface area contributed by atoms with Crippen molar-refractivity contribution >= 4 is 10.0 Å². The fourth-order valence-corrected chi connectivity index (χ4v) is 3.86. The smallest absolute Gasteiger partial charge is 0.261 e. The maximum Gasteiger partial charge on any atom is 0.261 e. The first kappa shape index (κ1) is 15.3. The Labute approximate surface area is 119 Å². The molecule has 0 saturated heterocycles. The second-order valence-corrected chi connectivity index (χ2v) is 6.65. The van der Waals surface area contributed by atoms with Gasteiger partial charge < -0.3 is 5.32 Å². The first-order chi connectivity index (χ1) is 9.53. The highest BCUT2D eigenvalue weighted by Gasteiger charge is 2.27. The summed E-state index contributed by atoms with van der Waals surface area (Å²) in [7, 11) is -3.88. The molecular formula is C13H20FN3O2S. The van der Waals surface area contributed by atoms with Gasteiger partial charge >= 0.3 is 0 Å². The van der Waals surface area contributed by atoms with Gasteiger partial charge in [-0.2, -0.15) is 0 Å². The quantitative estimate of drug-likeness (QED) is 0.863. The van der Waals surface area contributed by atoms with E-state index >= 15 is 0 Å². The Bertz CT molecular complexity index is 542. The van der Waals surface area contributed by atoms with Gasteiger partial charge in [0.2, 0.25) is 5.03 Å². The van der Waals surface area contributed by atoms with Crippen LogP contribution in [0.15, 0.2) is 23.4 Å². The zero-order valence-corrected chi connectivity index (χ0v) is 12.3. The van der Waals surface area contributed by atoms with Crippen molar-refractivity contribution in [1.29, 1.82) is 0 Å². The topological polar surface area (TPSA) is 71.1 Å². The van der Waals surface area contributed by atoms with E-state index in [1.165, 1.54) is 12.3 Å². The molecule has 0 unspecified atom stereocenters. The van der Waals surface area contributed by atoms with Crippen LogP contribution in [0.2, 0.25) is 0 Å². The molecule has 20 heavy (non-hydrogen) atoms. The van der Waals surface area contributed by atoms with Gasteiger partial charge in [0.25, 0.3) is 10.0 Å². The summed E-state index contributed by atoms with van der Waals surface area (Å²) in [5, 5.41) is 2.84. The second-order valence-electron chi connectivity index (χ2n) is 5.02. The van der Waals surface area contributed by atoms with Crippen molar-refractivity contribution in [3.05, 3.63) is 24.1 Å². The monoisotopic (exact) mass is 301 g/mol. The molecular weight excluding hydrogens is 281 g/mol. The molecule has 2 N–H and O–H groups in total. The summed E-state index contributed by atoms with van der Waals surface area (Å²) in [5.74, 6) is -0.818. The van der Waals surface area contributed by atoms with E-state index in [1.807, 2.05) is 0 Å². The van der Waals surface area contributed by atoms with Crippen LogP contribution in [0.4, 0.5) is 4.39 Å². The number of sulfonamides is 1. The van der Waals surface area contributed by atoms with Gasteiger partial charge in [0, 0.05) is 18.3 Å². The zero-order valence-electron chi connectivity index (χ0n) is 11.5. The molecule has 7 heteroatoms. The van der Waals surface area contributed by atoms with Crippen LogP contribution in [0.5, 0.6) is 0 Å². The highest BCUT2D eigenvalue weighted by atomic mass is 32.2. The highest BCUT2D eigenvalue weighted by Crippen LogP contribution is 2.20. The van der Waals surface area contributed by atoms with E-state index in [4.69, 9.17) is 0 Å². The fourth-order valence-electron chi connectivity index (χ4n) is 2.55. The molecule has 1 fully saturated rings. The van der Waals surface area contributed by atoms with Crippen LogP contribution in [0, 0.1) is 5.82 Å². The SMILES string of the molecule is CCNC1CCC(NS(=O)(=O)c2ncccc2F)CC1. The summed E-state index contributed by atoms with van der Waals surface area (Å²) in [6.45, 7) is 2.97. The highest BCUT2D eigenvalue weighted by molar-refractivity contribution is 7.89. The number of nitrogens with zero attached hydrogens (tertiary/aromatic N) is 1. The van der Waals surface area contributed by atoms with E-state index in [-0.39, 0.29) is 6.04 Å². The van der Waals surface area contributed by atoms with E-state index in [0.29, 0.717) is 6.04 Å². The van der Waals surface area contributed by atoms with Crippen molar-refractivity contribution in [1.82, 2.24) is 15.0 Å². The molecule has 2 rings (SSSR count). The molecule has 0 amide bonds. The summed E-state index contributed by atoms with van der Waals surface area (Å²) in [6.07, 6.45) is 4.63. The Morgan fingerprint density at radius 1 is 1.30 bits per heavy atom. The third kappa shape index (κ3) is 3.74. The van der Waals surface area contributed by atoms with Crippen molar-refractivity contribution in [2.45, 2.75) is 49.7 Å². The normalized spacial score (nSPS) is 23.7. The van der Waals surface area contributed by atoms with Gasteiger partial charge in [-0.1, -0.05) is 6.92 Å². The van der Waals surface area contributed by atoms with Gasteiger partial charge in [0.15, 0.2) is 5.82 Å². The molecule has 0 bridgehead atoms. The molecule has 1 saturated carbocycles. The van der Waals surface area contributed by atoms with Crippen LogP contribution in [-0.4, -0.2) is 32.0 Å². The standard InChI is InChI=1S/C13H20FN3O2S/c1-2-15-10-5-7-11(8-6-10)17-20(18,19)13-12(14)4-3-9-16-13/h3-4,9-11,15,17H,2,5-8H2,1H3. The van der Waals surface area contributed by atoms with Gasteiger partial charge in [-0.05, 0) is 44.4 Å². The number of rotatable bonds is 5. The first-order valence-electron chi connectivity index (χ1n) is 6.89. The minimum absolute atomic E-state index is 0.142. The van der Waals surface area contributed by atoms with Crippen LogP contribution >= 0.6 is 0 Å². The van der Waals surface area contributed by atoms with Crippen molar-refractivity contribution in [3.8, 4) is 0 Å². The van der Waals surface area contributed by atoms with Crippen LogP contribution in [0.1, 0.15) is 32.6 Å². The Morgan fingerprint density at radius 2 is 1.95 bits per heavy atom. The lowest BCUT2D eigenvalue weighted by Crippen LogP contribution is -2.42. The summed E-state index contributed by atoms with van der Waals surface area (Å²) in [5.41, 5.74) is 0. The van der Waals surface area contributed by atoms with Crippen LogP contribution < -0.4 is 10.0 Å². The lowest BCUT2D eigenvalue weighted by atomic mass is 9.92. The summed E-state index contributed by atoms with van der Waals surface area (Å²) < 4.78 is 40.3. The molecule has 1 aliphatic carbocycles. The maximum absolute atomic E-state index is 13.5. The van der Waals surface area contributed by atoms with Gasteiger partial charge in [-0.3, -0.25) is 0 Å². The number of aromatic nitrogens is 1. The fraction of sp³-hybridized carbons (Fsp3) is 0.615. The summed E-state index contributed by atoms with van der Waals surface area (Å²) in [4.78, 5) is 3.62. The molecule has 0 aliphatic heterocycles. The lowest BCUT2D eigenvalue weighted by molar-refractivity contribution is 0.333. The average molecular weight is 301 g/mol. The van der Waals surface area contributed by atoms with Gasteiger partial charge in [-0.15, -0.1) is 0 Å². The molecule has 0 atom stereocenters. The number of nitrogens with one attached hydrogen (secondary N) is 2.